The van der Waals surface area contributed by atoms with Crippen LogP contribution in [0.15, 0.2) is 54.6 Å². The Morgan fingerprint density at radius 2 is 1.72 bits per heavy atom. The molecule has 1 atom stereocenters. The van der Waals surface area contributed by atoms with Crippen LogP contribution in [0.4, 0.5) is 0 Å². The van der Waals surface area contributed by atoms with Crippen molar-refractivity contribution in [2.24, 2.45) is 5.92 Å². The fourth-order valence-electron chi connectivity index (χ4n) is 4.23. The van der Waals surface area contributed by atoms with Gasteiger partial charge in [0.25, 0.3) is 5.91 Å². The molecular weight excluding hydrogens is 424 g/mol. The molecule has 0 aromatic heterocycles. The van der Waals surface area contributed by atoms with Crippen molar-refractivity contribution >= 4 is 29.5 Å². The number of ether oxygens (including phenoxy) is 1. The summed E-state index contributed by atoms with van der Waals surface area (Å²) in [7, 11) is 0. The van der Waals surface area contributed by atoms with E-state index in [9.17, 15) is 14.4 Å². The van der Waals surface area contributed by atoms with Crippen molar-refractivity contribution in [2.45, 2.75) is 31.7 Å². The van der Waals surface area contributed by atoms with E-state index in [-0.39, 0.29) is 29.1 Å². The topological polar surface area (TPSA) is 66.9 Å². The number of hydrogen-bond acceptors (Lipinski definition) is 5. The van der Waals surface area contributed by atoms with Gasteiger partial charge in [-0.15, -0.1) is 11.8 Å². The van der Waals surface area contributed by atoms with E-state index in [4.69, 9.17) is 4.74 Å². The van der Waals surface area contributed by atoms with Crippen molar-refractivity contribution in [3.05, 3.63) is 71.3 Å². The fraction of sp³-hybridized carbons (Fsp3) is 0.400. The van der Waals surface area contributed by atoms with Crippen LogP contribution in [0, 0.1) is 5.92 Å². The highest BCUT2D eigenvalue weighted by molar-refractivity contribution is 8.00. The van der Waals surface area contributed by atoms with Crippen LogP contribution in [0.2, 0.25) is 0 Å². The molecule has 4 rings (SSSR count). The molecular formula is C25H28N2O4S. The van der Waals surface area contributed by atoms with E-state index >= 15 is 0 Å². The Morgan fingerprint density at radius 1 is 1.03 bits per heavy atom. The second kappa shape index (κ2) is 10.2. The third kappa shape index (κ3) is 4.99. The molecule has 32 heavy (non-hydrogen) atoms. The quantitative estimate of drug-likeness (QED) is 0.623. The van der Waals surface area contributed by atoms with Crippen LogP contribution >= 0.6 is 11.8 Å². The van der Waals surface area contributed by atoms with Crippen molar-refractivity contribution < 1.29 is 19.1 Å². The number of likely N-dealkylation sites (tertiary alicyclic amines) is 1. The fourth-order valence-corrected chi connectivity index (χ4v) is 5.42. The van der Waals surface area contributed by atoms with E-state index < -0.39 is 0 Å². The number of carbonyl (C=O) groups is 3. The minimum atomic E-state index is -0.160. The Kier molecular flexibility index (Phi) is 7.15. The molecule has 2 fully saturated rings. The Labute approximate surface area is 192 Å². The maximum Gasteiger partial charge on any atom is 0.309 e. The standard InChI is InChI=1S/C25H28N2O4S/c1-2-31-25(30)21-12-14-26(15-13-21)23(29)19-8-10-20(11-9-19)24-27(22(28)17-32-24)16-18-6-4-3-5-7-18/h3-11,21,24H,2,12-17H2,1H3/t24-/m0/s1. The van der Waals surface area contributed by atoms with E-state index in [1.165, 1.54) is 0 Å². The average Bonchev–Trinajstić information content (AvgIpc) is 3.19. The number of thioether (sulfide) groups is 1. The smallest absolute Gasteiger partial charge is 0.309 e. The minimum absolute atomic E-state index is 0.0184. The van der Waals surface area contributed by atoms with E-state index in [1.54, 1.807) is 23.6 Å². The predicted octanol–water partition coefficient (Wildman–Crippen LogP) is 3.88. The maximum atomic E-state index is 12.9. The molecule has 0 N–H and O–H groups in total. The summed E-state index contributed by atoms with van der Waals surface area (Å²) in [6.45, 7) is 3.89. The highest BCUT2D eigenvalue weighted by atomic mass is 32.2. The van der Waals surface area contributed by atoms with Gasteiger partial charge < -0.3 is 14.5 Å². The minimum Gasteiger partial charge on any atom is -0.466 e. The van der Waals surface area contributed by atoms with Crippen LogP contribution in [0.1, 0.15) is 46.6 Å². The SMILES string of the molecule is CCOC(=O)C1CCN(C(=O)c2ccc([C@@H]3SCC(=O)N3Cc3ccccc3)cc2)CC1. The number of benzene rings is 2. The molecule has 2 aliphatic heterocycles. The molecule has 2 heterocycles. The predicted molar refractivity (Wildman–Crippen MR) is 124 cm³/mol. The molecule has 2 saturated heterocycles. The lowest BCUT2D eigenvalue weighted by Crippen LogP contribution is -2.40. The van der Waals surface area contributed by atoms with Gasteiger partial charge in [0.05, 0.1) is 18.3 Å². The van der Waals surface area contributed by atoms with Gasteiger partial charge in [-0.3, -0.25) is 14.4 Å². The Morgan fingerprint density at radius 3 is 2.38 bits per heavy atom. The second-order valence-electron chi connectivity index (χ2n) is 8.11. The van der Waals surface area contributed by atoms with Gasteiger partial charge in [-0.25, -0.2) is 0 Å². The van der Waals surface area contributed by atoms with Crippen LogP contribution < -0.4 is 0 Å². The summed E-state index contributed by atoms with van der Waals surface area (Å²) >= 11 is 1.62. The van der Waals surface area contributed by atoms with Crippen molar-refractivity contribution in [1.29, 1.82) is 0 Å². The molecule has 0 radical (unpaired) electrons. The van der Waals surface area contributed by atoms with Crippen LogP contribution in [-0.2, 0) is 20.9 Å². The Hall–Kier alpha value is -2.80. The summed E-state index contributed by atoms with van der Waals surface area (Å²) in [6, 6.07) is 17.6. The number of nitrogens with zero attached hydrogens (tertiary/aromatic N) is 2. The van der Waals surface area contributed by atoms with Crippen LogP contribution in [0.5, 0.6) is 0 Å². The number of esters is 1. The molecule has 2 aromatic rings. The summed E-state index contributed by atoms with van der Waals surface area (Å²) in [5, 5.41) is -0.0489. The highest BCUT2D eigenvalue weighted by Crippen LogP contribution is 2.39. The van der Waals surface area contributed by atoms with Crippen LogP contribution in [-0.4, -0.2) is 53.0 Å². The van der Waals surface area contributed by atoms with Gasteiger partial charge in [-0.05, 0) is 43.0 Å². The lowest BCUT2D eigenvalue weighted by molar-refractivity contribution is -0.149. The number of amides is 2. The van der Waals surface area contributed by atoms with E-state index in [0.717, 1.165) is 11.1 Å². The van der Waals surface area contributed by atoms with Gasteiger partial charge in [0.2, 0.25) is 5.91 Å². The van der Waals surface area contributed by atoms with Crippen LogP contribution in [0.25, 0.3) is 0 Å². The first-order valence-corrected chi connectivity index (χ1v) is 12.1. The number of hydrogen-bond donors (Lipinski definition) is 0. The van der Waals surface area contributed by atoms with Crippen molar-refractivity contribution in [2.75, 3.05) is 25.4 Å². The molecule has 168 valence electrons. The summed E-state index contributed by atoms with van der Waals surface area (Å²) in [5.41, 5.74) is 2.76. The monoisotopic (exact) mass is 452 g/mol. The zero-order chi connectivity index (χ0) is 22.5. The molecule has 7 heteroatoms. The zero-order valence-electron chi connectivity index (χ0n) is 18.2. The van der Waals surface area contributed by atoms with Crippen molar-refractivity contribution in [3.63, 3.8) is 0 Å². The summed E-state index contributed by atoms with van der Waals surface area (Å²) in [5.74, 6) is 0.304. The molecule has 0 unspecified atom stereocenters. The summed E-state index contributed by atoms with van der Waals surface area (Å²) < 4.78 is 5.10. The van der Waals surface area contributed by atoms with Gasteiger partial charge in [0.1, 0.15) is 5.37 Å². The third-order valence-corrected chi connectivity index (χ3v) is 7.26. The lowest BCUT2D eigenvalue weighted by Gasteiger charge is -2.31. The van der Waals surface area contributed by atoms with Gasteiger partial charge >= 0.3 is 5.97 Å². The molecule has 2 aromatic carbocycles. The average molecular weight is 453 g/mol. The van der Waals surface area contributed by atoms with E-state index in [1.807, 2.05) is 59.5 Å². The zero-order valence-corrected chi connectivity index (χ0v) is 19.1. The van der Waals surface area contributed by atoms with Gasteiger partial charge in [-0.1, -0.05) is 42.5 Å². The molecule has 6 nitrogen and oxygen atoms in total. The van der Waals surface area contributed by atoms with Gasteiger partial charge in [-0.2, -0.15) is 0 Å². The molecule has 0 spiro atoms. The highest BCUT2D eigenvalue weighted by Gasteiger charge is 2.33. The summed E-state index contributed by atoms with van der Waals surface area (Å²) in [4.78, 5) is 41.0. The first-order valence-electron chi connectivity index (χ1n) is 11.1. The van der Waals surface area contributed by atoms with Crippen molar-refractivity contribution in [1.82, 2.24) is 9.80 Å². The summed E-state index contributed by atoms with van der Waals surface area (Å²) in [6.07, 6.45) is 1.27. The van der Waals surface area contributed by atoms with Crippen molar-refractivity contribution in [3.8, 4) is 0 Å². The Bertz CT molecular complexity index is 956. The normalized spacial score (nSPS) is 19.3. The second-order valence-corrected chi connectivity index (χ2v) is 9.18. The molecule has 0 bridgehead atoms. The Balaban J connectivity index is 1.39. The molecule has 0 aliphatic carbocycles. The largest absolute Gasteiger partial charge is 0.466 e. The number of carbonyl (C=O) groups excluding carboxylic acids is 3. The van der Waals surface area contributed by atoms with Crippen LogP contribution in [0.3, 0.4) is 0 Å². The molecule has 0 saturated carbocycles. The molecule has 2 aliphatic rings. The first kappa shape index (κ1) is 22.4. The van der Waals surface area contributed by atoms with Gasteiger partial charge in [0, 0.05) is 25.2 Å². The van der Waals surface area contributed by atoms with Gasteiger partial charge in [0.15, 0.2) is 0 Å². The molecule has 2 amide bonds. The first-order chi connectivity index (χ1) is 15.6. The number of rotatable bonds is 6. The third-order valence-electron chi connectivity index (χ3n) is 6.01. The van der Waals surface area contributed by atoms with E-state index in [2.05, 4.69) is 0 Å². The lowest BCUT2D eigenvalue weighted by atomic mass is 9.96. The number of piperidine rings is 1. The van der Waals surface area contributed by atoms with E-state index in [0.29, 0.717) is 50.4 Å². The maximum absolute atomic E-state index is 12.9.